The highest BCUT2D eigenvalue weighted by atomic mass is 32.1. The Balaban J connectivity index is 1.89. The van der Waals surface area contributed by atoms with E-state index in [0.717, 1.165) is 32.1 Å². The van der Waals surface area contributed by atoms with Crippen LogP contribution >= 0.6 is 11.3 Å². The third-order valence-electron chi connectivity index (χ3n) is 7.11. The summed E-state index contributed by atoms with van der Waals surface area (Å²) in [5.74, 6) is -3.31. The lowest BCUT2D eigenvalue weighted by Gasteiger charge is -2.44. The van der Waals surface area contributed by atoms with Crippen molar-refractivity contribution in [1.82, 2.24) is 4.98 Å². The molecule has 0 saturated heterocycles. The van der Waals surface area contributed by atoms with Gasteiger partial charge in [0.1, 0.15) is 10.8 Å². The Kier molecular flexibility index (Phi) is 6.03. The fraction of sp³-hybridized carbons (Fsp3) is 0.400. The maximum Gasteiger partial charge on any atom is 0.332 e. The normalized spacial score (nSPS) is 24.3. The molecule has 2 N–H and O–H groups in total. The standard InChI is InChI=1S/C25H26FNO4S/c1-14-18(20-13-32-22(27-20)17-10-6-7-11-19(17)26)12-25(24(30)31,15(2)21(14)23(28)29)16-8-4-3-5-9-16/h6-7,10-13,15-16H,3-5,8-9H2,1-2H3,(H,28,29)(H,30,31). The van der Waals surface area contributed by atoms with Gasteiger partial charge < -0.3 is 10.2 Å². The SMILES string of the molecule is CC1=C(C(=O)O)C(C)C(C(=O)O)(C2CCCCC2)C=C1c1csc(-c2ccccc2F)n1. The van der Waals surface area contributed by atoms with Crippen molar-refractivity contribution >= 4 is 28.8 Å². The maximum absolute atomic E-state index is 14.3. The summed E-state index contributed by atoms with van der Waals surface area (Å²) in [6.45, 7) is 3.43. The number of hydrogen-bond donors (Lipinski definition) is 2. The average Bonchev–Trinajstić information content (AvgIpc) is 3.24. The highest BCUT2D eigenvalue weighted by molar-refractivity contribution is 7.13. The summed E-state index contributed by atoms with van der Waals surface area (Å²) in [4.78, 5) is 29.6. The molecule has 0 bridgehead atoms. The molecule has 168 valence electrons. The number of carboxylic acid groups (broad SMARTS) is 2. The first-order valence-corrected chi connectivity index (χ1v) is 11.8. The van der Waals surface area contributed by atoms with Crippen LogP contribution in [-0.2, 0) is 9.59 Å². The number of nitrogens with zero attached hydrogens (tertiary/aromatic N) is 1. The van der Waals surface area contributed by atoms with E-state index in [-0.39, 0.29) is 17.3 Å². The second-order valence-electron chi connectivity index (χ2n) is 8.71. The summed E-state index contributed by atoms with van der Waals surface area (Å²) in [6, 6.07) is 6.34. The van der Waals surface area contributed by atoms with Crippen LogP contribution in [0.15, 0.2) is 46.9 Å². The van der Waals surface area contributed by atoms with Gasteiger partial charge in [0.15, 0.2) is 0 Å². The summed E-state index contributed by atoms with van der Waals surface area (Å²) in [7, 11) is 0. The minimum Gasteiger partial charge on any atom is -0.481 e. The summed E-state index contributed by atoms with van der Waals surface area (Å²) in [6.07, 6.45) is 6.20. The number of carbonyl (C=O) groups is 2. The zero-order valence-electron chi connectivity index (χ0n) is 18.1. The zero-order chi connectivity index (χ0) is 23.0. The third kappa shape index (κ3) is 3.58. The van der Waals surface area contributed by atoms with Gasteiger partial charge in [-0.05, 0) is 43.4 Å². The van der Waals surface area contributed by atoms with Gasteiger partial charge in [-0.3, -0.25) is 4.79 Å². The number of thiazole rings is 1. The molecule has 1 heterocycles. The third-order valence-corrected chi connectivity index (χ3v) is 7.98. The van der Waals surface area contributed by atoms with Gasteiger partial charge in [0.2, 0.25) is 0 Å². The number of halogens is 1. The molecular formula is C25H26FNO4S. The van der Waals surface area contributed by atoms with E-state index in [2.05, 4.69) is 4.98 Å². The van der Waals surface area contributed by atoms with E-state index >= 15 is 0 Å². The van der Waals surface area contributed by atoms with Crippen LogP contribution < -0.4 is 0 Å². The van der Waals surface area contributed by atoms with Crippen molar-refractivity contribution in [3.05, 3.63) is 58.4 Å². The molecule has 1 saturated carbocycles. The van der Waals surface area contributed by atoms with Crippen LogP contribution in [0.2, 0.25) is 0 Å². The van der Waals surface area contributed by atoms with Gasteiger partial charge in [0, 0.05) is 28.0 Å². The molecular weight excluding hydrogens is 429 g/mol. The van der Waals surface area contributed by atoms with Crippen LogP contribution in [0.3, 0.4) is 0 Å². The minimum absolute atomic E-state index is 0.121. The van der Waals surface area contributed by atoms with Crippen molar-refractivity contribution in [1.29, 1.82) is 0 Å². The second-order valence-corrected chi connectivity index (χ2v) is 9.57. The molecule has 0 radical (unpaired) electrons. The van der Waals surface area contributed by atoms with E-state index in [4.69, 9.17) is 0 Å². The number of carboxylic acids is 2. The number of allylic oxidation sites excluding steroid dienone is 2. The first-order chi connectivity index (χ1) is 15.3. The Morgan fingerprint density at radius 3 is 2.47 bits per heavy atom. The Morgan fingerprint density at radius 1 is 1.16 bits per heavy atom. The Labute approximate surface area is 190 Å². The first-order valence-electron chi connectivity index (χ1n) is 10.9. The van der Waals surface area contributed by atoms with Crippen LogP contribution in [-0.4, -0.2) is 27.1 Å². The fourth-order valence-corrected chi connectivity index (χ4v) is 6.27. The molecule has 0 aliphatic heterocycles. The van der Waals surface area contributed by atoms with E-state index in [1.807, 2.05) is 0 Å². The molecule has 7 heteroatoms. The first kappa shape index (κ1) is 22.4. The van der Waals surface area contributed by atoms with E-state index in [1.54, 1.807) is 43.5 Å². The number of rotatable bonds is 5. The Hall–Kier alpha value is -2.80. The zero-order valence-corrected chi connectivity index (χ0v) is 18.9. The predicted molar refractivity (Wildman–Crippen MR) is 122 cm³/mol. The molecule has 0 spiro atoms. The maximum atomic E-state index is 14.3. The molecule has 2 unspecified atom stereocenters. The van der Waals surface area contributed by atoms with Crippen molar-refractivity contribution in [2.45, 2.75) is 46.0 Å². The van der Waals surface area contributed by atoms with E-state index in [9.17, 15) is 24.2 Å². The summed E-state index contributed by atoms with van der Waals surface area (Å²) >= 11 is 1.26. The van der Waals surface area contributed by atoms with E-state index < -0.39 is 23.3 Å². The van der Waals surface area contributed by atoms with Gasteiger partial charge in [0.05, 0.1) is 11.1 Å². The molecule has 4 rings (SSSR count). The summed E-state index contributed by atoms with van der Waals surface area (Å²) in [5.41, 5.74) is 0.694. The Morgan fingerprint density at radius 2 is 1.84 bits per heavy atom. The molecule has 32 heavy (non-hydrogen) atoms. The monoisotopic (exact) mass is 455 g/mol. The number of aliphatic carboxylic acids is 2. The highest BCUT2D eigenvalue weighted by Gasteiger charge is 2.53. The molecule has 2 aliphatic rings. The smallest absolute Gasteiger partial charge is 0.332 e. The fourth-order valence-electron chi connectivity index (χ4n) is 5.42. The largest absolute Gasteiger partial charge is 0.481 e. The molecule has 0 amide bonds. The predicted octanol–water partition coefficient (Wildman–Crippen LogP) is 6.03. The molecule has 5 nitrogen and oxygen atoms in total. The number of aromatic nitrogens is 1. The molecule has 2 aliphatic carbocycles. The van der Waals surface area contributed by atoms with Gasteiger partial charge in [0.25, 0.3) is 0 Å². The van der Waals surface area contributed by atoms with Gasteiger partial charge >= 0.3 is 11.9 Å². The highest BCUT2D eigenvalue weighted by Crippen LogP contribution is 2.53. The molecule has 1 aromatic heterocycles. The van der Waals surface area contributed by atoms with Crippen molar-refractivity contribution in [3.8, 4) is 10.6 Å². The summed E-state index contributed by atoms with van der Waals surface area (Å²) < 4.78 is 14.3. The Bertz CT molecular complexity index is 1130. The van der Waals surface area contributed by atoms with Gasteiger partial charge in [-0.2, -0.15) is 0 Å². The topological polar surface area (TPSA) is 87.5 Å². The second kappa shape index (κ2) is 8.62. The average molecular weight is 456 g/mol. The summed E-state index contributed by atoms with van der Waals surface area (Å²) in [5, 5.41) is 22.7. The van der Waals surface area contributed by atoms with E-state index in [1.165, 1.54) is 17.4 Å². The van der Waals surface area contributed by atoms with Crippen molar-refractivity contribution in [3.63, 3.8) is 0 Å². The van der Waals surface area contributed by atoms with Gasteiger partial charge in [-0.15, -0.1) is 11.3 Å². The lowest BCUT2D eigenvalue weighted by Crippen LogP contribution is -2.47. The lowest BCUT2D eigenvalue weighted by molar-refractivity contribution is -0.153. The number of benzene rings is 1. The number of hydrogen-bond acceptors (Lipinski definition) is 4. The molecule has 1 fully saturated rings. The van der Waals surface area contributed by atoms with Crippen LogP contribution in [0.4, 0.5) is 4.39 Å². The van der Waals surface area contributed by atoms with Crippen LogP contribution in [0.1, 0.15) is 51.6 Å². The quantitative estimate of drug-likeness (QED) is 0.574. The lowest BCUT2D eigenvalue weighted by atomic mass is 9.57. The minimum atomic E-state index is -1.31. The molecule has 2 aromatic rings. The van der Waals surface area contributed by atoms with Crippen LogP contribution in [0.5, 0.6) is 0 Å². The van der Waals surface area contributed by atoms with E-state index in [0.29, 0.717) is 27.4 Å². The van der Waals surface area contributed by atoms with Gasteiger partial charge in [-0.25, -0.2) is 14.2 Å². The van der Waals surface area contributed by atoms with Crippen molar-refractivity contribution in [2.24, 2.45) is 17.3 Å². The van der Waals surface area contributed by atoms with Crippen LogP contribution in [0.25, 0.3) is 16.1 Å². The van der Waals surface area contributed by atoms with Gasteiger partial charge in [-0.1, -0.05) is 44.4 Å². The van der Waals surface area contributed by atoms with Crippen molar-refractivity contribution in [2.75, 3.05) is 0 Å². The molecule has 1 aromatic carbocycles. The van der Waals surface area contributed by atoms with Crippen molar-refractivity contribution < 1.29 is 24.2 Å². The van der Waals surface area contributed by atoms with Crippen LogP contribution in [0, 0.1) is 23.1 Å². The molecule has 2 atom stereocenters.